The average molecular weight is 326 g/mol. The third-order valence-electron chi connectivity index (χ3n) is 2.54. The van der Waals surface area contributed by atoms with Crippen LogP contribution in [0.1, 0.15) is 19.8 Å². The summed E-state index contributed by atoms with van der Waals surface area (Å²) in [6, 6.07) is 0. The highest BCUT2D eigenvalue weighted by atomic mass is 35.5. The van der Waals surface area contributed by atoms with E-state index in [1.165, 1.54) is 12.2 Å². The predicted octanol–water partition coefficient (Wildman–Crippen LogP) is 5.48. The molecule has 0 aromatic carbocycles. The molecule has 1 aliphatic rings. The van der Waals surface area contributed by atoms with Crippen molar-refractivity contribution in [2.24, 2.45) is 5.92 Å². The van der Waals surface area contributed by atoms with Crippen molar-refractivity contribution in [3.8, 4) is 0 Å². The van der Waals surface area contributed by atoms with Crippen LogP contribution in [-0.2, 0) is 4.79 Å². The number of halogens is 4. The molecule has 0 aromatic heterocycles. The molecule has 0 aromatic rings. The highest BCUT2D eigenvalue weighted by Crippen LogP contribution is 2.30. The Kier molecular flexibility index (Phi) is 6.51. The average Bonchev–Trinajstić information content (AvgIpc) is 2.27. The van der Waals surface area contributed by atoms with Gasteiger partial charge in [-0.15, -0.1) is 0 Å². The monoisotopic (exact) mass is 324 g/mol. The lowest BCUT2D eigenvalue weighted by Gasteiger charge is -2.21. The molecule has 0 heterocycles. The first-order valence-electron chi connectivity index (χ1n) is 5.38. The molecule has 0 amide bonds. The Labute approximate surface area is 127 Å². The maximum Gasteiger partial charge on any atom is 0.185 e. The molecule has 0 unspecified atom stereocenters. The molecule has 0 aliphatic heterocycles. The molecule has 0 atom stereocenters. The molecule has 1 nitrogen and oxygen atoms in total. The first-order valence-corrected chi connectivity index (χ1v) is 6.89. The van der Waals surface area contributed by atoms with E-state index < -0.39 is 0 Å². The molecular weight excluding hydrogens is 314 g/mol. The number of Topliss-reactive ketones (excluding diaryl/α,β-unsaturated/α-hetero) is 1. The van der Waals surface area contributed by atoms with Gasteiger partial charge in [-0.25, -0.2) is 0 Å². The zero-order valence-corrected chi connectivity index (χ0v) is 12.7. The van der Waals surface area contributed by atoms with E-state index in [4.69, 9.17) is 46.4 Å². The molecule has 0 N–H and O–H groups in total. The summed E-state index contributed by atoms with van der Waals surface area (Å²) in [7, 11) is 0. The summed E-state index contributed by atoms with van der Waals surface area (Å²) >= 11 is 22.1. The second kappa shape index (κ2) is 7.40. The summed E-state index contributed by atoms with van der Waals surface area (Å²) in [5.41, 5.74) is 1.38. The third-order valence-corrected chi connectivity index (χ3v) is 3.05. The Hall–Kier alpha value is -0.210. The van der Waals surface area contributed by atoms with Crippen LogP contribution in [0.25, 0.3) is 0 Å². The summed E-state index contributed by atoms with van der Waals surface area (Å²) in [6.45, 7) is 2.08. The van der Waals surface area contributed by atoms with Crippen LogP contribution in [0.4, 0.5) is 0 Å². The SMILES string of the molecule is CC1CC(=CC=C(Cl)Cl)C(=O)C(=CC=C(Cl)Cl)C1. The van der Waals surface area contributed by atoms with Crippen LogP contribution in [-0.4, -0.2) is 5.78 Å². The van der Waals surface area contributed by atoms with Gasteiger partial charge in [0.05, 0.1) is 0 Å². The van der Waals surface area contributed by atoms with Gasteiger partial charge in [0.1, 0.15) is 8.98 Å². The number of rotatable bonds is 2. The fourth-order valence-corrected chi connectivity index (χ4v) is 2.08. The van der Waals surface area contributed by atoms with Crippen molar-refractivity contribution in [1.29, 1.82) is 0 Å². The molecule has 1 saturated carbocycles. The van der Waals surface area contributed by atoms with Crippen molar-refractivity contribution in [3.63, 3.8) is 0 Å². The van der Waals surface area contributed by atoms with Gasteiger partial charge in [0.25, 0.3) is 0 Å². The van der Waals surface area contributed by atoms with Gasteiger partial charge < -0.3 is 0 Å². The maximum atomic E-state index is 12.1. The van der Waals surface area contributed by atoms with Crippen molar-refractivity contribution in [2.45, 2.75) is 19.8 Å². The minimum Gasteiger partial charge on any atom is -0.289 e. The Morgan fingerprint density at radius 1 is 1.00 bits per heavy atom. The Balaban J connectivity index is 3.01. The van der Waals surface area contributed by atoms with E-state index in [9.17, 15) is 4.79 Å². The largest absolute Gasteiger partial charge is 0.289 e. The van der Waals surface area contributed by atoms with Crippen LogP contribution in [0.15, 0.2) is 44.4 Å². The van der Waals surface area contributed by atoms with Crippen LogP contribution in [0.2, 0.25) is 0 Å². The smallest absolute Gasteiger partial charge is 0.185 e. The van der Waals surface area contributed by atoms with E-state index >= 15 is 0 Å². The van der Waals surface area contributed by atoms with Crippen LogP contribution in [0, 0.1) is 5.92 Å². The number of allylic oxidation sites excluding steroid dienone is 6. The van der Waals surface area contributed by atoms with Gasteiger partial charge in [0.15, 0.2) is 5.78 Å². The zero-order valence-electron chi connectivity index (χ0n) is 9.72. The molecule has 98 valence electrons. The van der Waals surface area contributed by atoms with Crippen LogP contribution < -0.4 is 0 Å². The van der Waals surface area contributed by atoms with Crippen molar-refractivity contribution >= 4 is 52.2 Å². The lowest BCUT2D eigenvalue weighted by Crippen LogP contribution is -2.18. The quantitative estimate of drug-likeness (QED) is 0.615. The normalized spacial score (nSPS) is 24.3. The molecule has 1 rings (SSSR count). The number of ketones is 1. The lowest BCUT2D eigenvalue weighted by molar-refractivity contribution is -0.113. The fraction of sp³-hybridized carbons (Fsp3) is 0.308. The summed E-state index contributed by atoms with van der Waals surface area (Å²) in [6.07, 6.45) is 7.77. The minimum absolute atomic E-state index is 0.00948. The lowest BCUT2D eigenvalue weighted by atomic mass is 9.82. The van der Waals surface area contributed by atoms with E-state index in [2.05, 4.69) is 6.92 Å². The number of hydrogen-bond acceptors (Lipinski definition) is 1. The van der Waals surface area contributed by atoms with Gasteiger partial charge in [-0.1, -0.05) is 65.5 Å². The van der Waals surface area contributed by atoms with Gasteiger partial charge in [0, 0.05) is 11.1 Å². The molecule has 0 radical (unpaired) electrons. The van der Waals surface area contributed by atoms with Gasteiger partial charge in [-0.2, -0.15) is 0 Å². The van der Waals surface area contributed by atoms with Gasteiger partial charge in [-0.3, -0.25) is 4.79 Å². The highest BCUT2D eigenvalue weighted by Gasteiger charge is 2.24. The topological polar surface area (TPSA) is 17.1 Å². The predicted molar refractivity (Wildman–Crippen MR) is 79.1 cm³/mol. The summed E-state index contributed by atoms with van der Waals surface area (Å²) in [4.78, 5) is 12.1. The molecule has 1 fully saturated rings. The van der Waals surface area contributed by atoms with Crippen molar-refractivity contribution in [2.75, 3.05) is 0 Å². The maximum absolute atomic E-state index is 12.1. The molecule has 0 spiro atoms. The number of hydrogen-bond donors (Lipinski definition) is 0. The first-order chi connectivity index (χ1) is 8.40. The zero-order chi connectivity index (χ0) is 13.7. The summed E-state index contributed by atoms with van der Waals surface area (Å²) in [5.74, 6) is 0.370. The van der Waals surface area contributed by atoms with E-state index in [-0.39, 0.29) is 14.8 Å². The second-order valence-electron chi connectivity index (χ2n) is 4.14. The molecule has 5 heteroatoms. The van der Waals surface area contributed by atoms with E-state index in [0.717, 1.165) is 0 Å². The fourth-order valence-electron chi connectivity index (χ4n) is 1.83. The Bertz CT molecular complexity index is 410. The van der Waals surface area contributed by atoms with E-state index in [1.807, 2.05) is 0 Å². The molecular formula is C13H12Cl4O. The summed E-state index contributed by atoms with van der Waals surface area (Å²) in [5, 5.41) is 0. The Morgan fingerprint density at radius 2 is 1.39 bits per heavy atom. The van der Waals surface area contributed by atoms with Gasteiger partial charge >= 0.3 is 0 Å². The van der Waals surface area contributed by atoms with Crippen molar-refractivity contribution in [1.82, 2.24) is 0 Å². The van der Waals surface area contributed by atoms with Crippen LogP contribution in [0.5, 0.6) is 0 Å². The minimum atomic E-state index is -0.00948. The van der Waals surface area contributed by atoms with Crippen molar-refractivity contribution < 1.29 is 4.79 Å². The first kappa shape index (κ1) is 15.8. The highest BCUT2D eigenvalue weighted by molar-refractivity contribution is 6.56. The Morgan fingerprint density at radius 3 is 1.72 bits per heavy atom. The number of carbonyl (C=O) groups excluding carboxylic acids is 1. The van der Waals surface area contributed by atoms with E-state index in [0.29, 0.717) is 29.9 Å². The third kappa shape index (κ3) is 5.19. The molecule has 18 heavy (non-hydrogen) atoms. The molecule has 0 saturated heterocycles. The van der Waals surface area contributed by atoms with Gasteiger partial charge in [-0.05, 0) is 30.9 Å². The van der Waals surface area contributed by atoms with Gasteiger partial charge in [0.2, 0.25) is 0 Å². The second-order valence-corrected chi connectivity index (χ2v) is 6.15. The number of carbonyl (C=O) groups is 1. The van der Waals surface area contributed by atoms with Crippen molar-refractivity contribution in [3.05, 3.63) is 44.4 Å². The molecule has 1 aliphatic carbocycles. The van der Waals surface area contributed by atoms with E-state index in [1.54, 1.807) is 12.2 Å². The summed E-state index contributed by atoms with van der Waals surface area (Å²) < 4.78 is 0.255. The standard InChI is InChI=1S/C13H12Cl4O/c1-8-6-9(2-4-11(14)15)13(18)10(7-8)3-5-12(16)17/h2-5,8H,6-7H2,1H3. The van der Waals surface area contributed by atoms with Crippen LogP contribution in [0.3, 0.4) is 0 Å². The molecule has 0 bridgehead atoms. The van der Waals surface area contributed by atoms with Crippen LogP contribution >= 0.6 is 46.4 Å².